The molecule has 0 spiro atoms. The third-order valence-electron chi connectivity index (χ3n) is 6.44. The van der Waals surface area contributed by atoms with Gasteiger partial charge in [0.1, 0.15) is 5.82 Å². The van der Waals surface area contributed by atoms with Crippen molar-refractivity contribution in [2.45, 2.75) is 25.4 Å². The number of aliphatic hydroxyl groups is 1. The number of amides is 1. The number of nitriles is 1. The first-order chi connectivity index (χ1) is 15.4. The number of aryl methyl sites for hydroxylation is 2. The predicted molar refractivity (Wildman–Crippen MR) is 118 cm³/mol. The number of hydrogen-bond acceptors (Lipinski definition) is 5. The zero-order valence-corrected chi connectivity index (χ0v) is 18.1. The number of benzene rings is 2. The third kappa shape index (κ3) is 3.38. The average molecular weight is 428 g/mol. The third-order valence-corrected chi connectivity index (χ3v) is 6.44. The highest BCUT2D eigenvalue weighted by molar-refractivity contribution is 5.96. The van der Waals surface area contributed by atoms with Crippen LogP contribution in [0.5, 0.6) is 0 Å². The summed E-state index contributed by atoms with van der Waals surface area (Å²) in [4.78, 5) is 22.7. The van der Waals surface area contributed by atoms with Crippen LogP contribution in [0.2, 0.25) is 0 Å². The number of nitrogens with one attached hydrogen (secondary N) is 1. The van der Waals surface area contributed by atoms with Crippen LogP contribution in [-0.2, 0) is 10.3 Å². The standard InChI is InChI=1S/C25H24N4O3/c1-15-3-6-19(9-21(15)22-16(2)27-24(28-22)25(31)13-32-14-25)23(30)29-11-20(12-29)18-7-4-17(10-26)5-8-18/h3-9,20,31H,11-14H2,1-2H3,(H,27,28). The first-order valence-electron chi connectivity index (χ1n) is 10.7. The Morgan fingerprint density at radius 1 is 1.22 bits per heavy atom. The molecular weight excluding hydrogens is 404 g/mol. The lowest BCUT2D eigenvalue weighted by molar-refractivity contribution is -0.188. The summed E-state index contributed by atoms with van der Waals surface area (Å²) in [6.07, 6.45) is 0. The molecule has 2 saturated heterocycles. The molecule has 0 bridgehead atoms. The Labute approximate surface area is 186 Å². The highest BCUT2D eigenvalue weighted by Crippen LogP contribution is 2.33. The Hall–Kier alpha value is -3.47. The van der Waals surface area contributed by atoms with Crippen molar-refractivity contribution < 1.29 is 14.6 Å². The Bertz CT molecular complexity index is 1230. The van der Waals surface area contributed by atoms with E-state index in [0.717, 1.165) is 28.1 Å². The van der Waals surface area contributed by atoms with Crippen LogP contribution in [0.4, 0.5) is 0 Å². The molecular formula is C25H24N4O3. The molecule has 3 heterocycles. The van der Waals surface area contributed by atoms with Gasteiger partial charge in [-0.25, -0.2) is 4.98 Å². The van der Waals surface area contributed by atoms with Crippen molar-refractivity contribution in [2.24, 2.45) is 0 Å². The quantitative estimate of drug-likeness (QED) is 0.665. The molecule has 1 amide bonds. The Morgan fingerprint density at radius 3 is 2.56 bits per heavy atom. The lowest BCUT2D eigenvalue weighted by Crippen LogP contribution is -2.48. The fourth-order valence-corrected chi connectivity index (χ4v) is 4.27. The number of aromatic nitrogens is 2. The molecule has 7 nitrogen and oxygen atoms in total. The molecule has 5 rings (SSSR count). The second kappa shape index (κ2) is 7.59. The topological polar surface area (TPSA) is 102 Å². The van der Waals surface area contributed by atoms with Gasteiger partial charge in [-0.1, -0.05) is 18.2 Å². The molecule has 162 valence electrons. The number of likely N-dealkylation sites (tertiary alicyclic amines) is 1. The van der Waals surface area contributed by atoms with E-state index in [9.17, 15) is 9.90 Å². The molecule has 2 N–H and O–H groups in total. The minimum Gasteiger partial charge on any atom is -0.377 e. The number of nitrogens with zero attached hydrogens (tertiary/aromatic N) is 3. The monoisotopic (exact) mass is 428 g/mol. The molecule has 2 aliphatic rings. The maximum absolute atomic E-state index is 13.1. The lowest BCUT2D eigenvalue weighted by atomic mass is 9.90. The summed E-state index contributed by atoms with van der Waals surface area (Å²) in [6.45, 7) is 5.67. The van der Waals surface area contributed by atoms with E-state index in [1.807, 2.05) is 61.2 Å². The van der Waals surface area contributed by atoms with E-state index in [2.05, 4.69) is 16.0 Å². The van der Waals surface area contributed by atoms with Crippen molar-refractivity contribution in [3.63, 3.8) is 0 Å². The van der Waals surface area contributed by atoms with Crippen molar-refractivity contribution in [3.05, 3.63) is 76.2 Å². The van der Waals surface area contributed by atoms with E-state index in [0.29, 0.717) is 36.0 Å². The second-order valence-corrected chi connectivity index (χ2v) is 8.74. The fourth-order valence-electron chi connectivity index (χ4n) is 4.27. The van der Waals surface area contributed by atoms with Crippen LogP contribution >= 0.6 is 0 Å². The van der Waals surface area contributed by atoms with Gasteiger partial charge in [0.2, 0.25) is 0 Å². The van der Waals surface area contributed by atoms with Gasteiger partial charge in [0.05, 0.1) is 36.2 Å². The summed E-state index contributed by atoms with van der Waals surface area (Å²) in [6, 6.07) is 15.4. The van der Waals surface area contributed by atoms with Crippen molar-refractivity contribution >= 4 is 5.91 Å². The SMILES string of the molecule is Cc1ccc(C(=O)N2CC(c3ccc(C#N)cc3)C2)cc1-c1[nH]c(C2(O)COC2)nc1C. The largest absolute Gasteiger partial charge is 0.377 e. The van der Waals surface area contributed by atoms with Crippen LogP contribution in [0, 0.1) is 25.2 Å². The number of H-pyrrole nitrogens is 1. The van der Waals surface area contributed by atoms with Crippen LogP contribution in [0.15, 0.2) is 42.5 Å². The normalized spacial score (nSPS) is 17.4. The van der Waals surface area contributed by atoms with E-state index in [-0.39, 0.29) is 19.1 Å². The lowest BCUT2D eigenvalue weighted by Gasteiger charge is -2.39. The van der Waals surface area contributed by atoms with E-state index in [4.69, 9.17) is 10.00 Å². The molecule has 0 radical (unpaired) electrons. The van der Waals surface area contributed by atoms with Gasteiger partial charge in [-0.15, -0.1) is 0 Å². The van der Waals surface area contributed by atoms with Gasteiger partial charge in [0.25, 0.3) is 5.91 Å². The molecule has 2 aliphatic heterocycles. The summed E-state index contributed by atoms with van der Waals surface area (Å²) in [5, 5.41) is 19.5. The molecule has 1 aromatic heterocycles. The maximum Gasteiger partial charge on any atom is 0.253 e. The van der Waals surface area contributed by atoms with Crippen molar-refractivity contribution in [1.29, 1.82) is 5.26 Å². The van der Waals surface area contributed by atoms with E-state index >= 15 is 0 Å². The first kappa shape index (κ1) is 20.4. The molecule has 2 fully saturated rings. The van der Waals surface area contributed by atoms with Crippen LogP contribution in [-0.4, -0.2) is 52.2 Å². The zero-order valence-electron chi connectivity index (χ0n) is 18.1. The number of rotatable bonds is 4. The number of ether oxygens (including phenoxy) is 1. The average Bonchev–Trinajstić information content (AvgIpc) is 3.13. The molecule has 7 heteroatoms. The van der Waals surface area contributed by atoms with Crippen molar-refractivity contribution in [2.75, 3.05) is 26.3 Å². The van der Waals surface area contributed by atoms with Gasteiger partial charge in [-0.05, 0) is 49.2 Å². The van der Waals surface area contributed by atoms with Crippen LogP contribution in [0.1, 0.15) is 44.5 Å². The van der Waals surface area contributed by atoms with Gasteiger partial charge < -0.3 is 19.7 Å². The molecule has 2 aromatic carbocycles. The molecule has 32 heavy (non-hydrogen) atoms. The number of carbonyl (C=O) groups excluding carboxylic acids is 1. The van der Waals surface area contributed by atoms with E-state index in [1.54, 1.807) is 0 Å². The predicted octanol–water partition coefficient (Wildman–Crippen LogP) is 3.02. The highest BCUT2D eigenvalue weighted by Gasteiger charge is 2.41. The van der Waals surface area contributed by atoms with Crippen molar-refractivity contribution in [1.82, 2.24) is 14.9 Å². The van der Waals surface area contributed by atoms with Crippen LogP contribution < -0.4 is 0 Å². The number of aromatic amines is 1. The Morgan fingerprint density at radius 2 is 1.94 bits per heavy atom. The Kier molecular flexibility index (Phi) is 4.85. The maximum atomic E-state index is 13.1. The van der Waals surface area contributed by atoms with E-state index < -0.39 is 5.60 Å². The van der Waals surface area contributed by atoms with Crippen LogP contribution in [0.3, 0.4) is 0 Å². The fraction of sp³-hybridized carbons (Fsp3) is 0.320. The number of carbonyl (C=O) groups is 1. The number of hydrogen-bond donors (Lipinski definition) is 2. The molecule has 0 atom stereocenters. The summed E-state index contributed by atoms with van der Waals surface area (Å²) in [5.74, 6) is 0.791. The van der Waals surface area contributed by atoms with Gasteiger partial charge in [-0.3, -0.25) is 4.79 Å². The van der Waals surface area contributed by atoms with Gasteiger partial charge >= 0.3 is 0 Å². The summed E-state index contributed by atoms with van der Waals surface area (Å²) < 4.78 is 5.14. The smallest absolute Gasteiger partial charge is 0.253 e. The van der Waals surface area contributed by atoms with Crippen molar-refractivity contribution in [3.8, 4) is 17.3 Å². The van der Waals surface area contributed by atoms with Gasteiger partial charge in [0, 0.05) is 30.1 Å². The van der Waals surface area contributed by atoms with Gasteiger partial charge in [-0.2, -0.15) is 5.26 Å². The summed E-state index contributed by atoms with van der Waals surface area (Å²) >= 11 is 0. The van der Waals surface area contributed by atoms with E-state index in [1.165, 1.54) is 0 Å². The number of imidazole rings is 1. The Balaban J connectivity index is 1.34. The molecule has 0 aliphatic carbocycles. The molecule has 0 saturated carbocycles. The van der Waals surface area contributed by atoms with Gasteiger partial charge in [0.15, 0.2) is 5.60 Å². The molecule has 0 unspecified atom stereocenters. The minimum absolute atomic E-state index is 0.000409. The molecule has 3 aromatic rings. The zero-order chi connectivity index (χ0) is 22.5. The summed E-state index contributed by atoms with van der Waals surface area (Å²) in [5.41, 5.74) is 4.87. The minimum atomic E-state index is -1.07. The first-order valence-corrected chi connectivity index (χ1v) is 10.7. The second-order valence-electron chi connectivity index (χ2n) is 8.74. The van der Waals surface area contributed by atoms with Crippen LogP contribution in [0.25, 0.3) is 11.3 Å². The summed E-state index contributed by atoms with van der Waals surface area (Å²) in [7, 11) is 0. The highest BCUT2D eigenvalue weighted by atomic mass is 16.5.